The Morgan fingerprint density at radius 2 is 2.43 bits per heavy atom. The molecule has 1 aromatic heterocycles. The molecule has 0 aromatic carbocycles. The highest BCUT2D eigenvalue weighted by atomic mass is 16.5. The van der Waals surface area contributed by atoms with Crippen LogP contribution in [-0.4, -0.2) is 24.2 Å². The number of pyridine rings is 1. The molecule has 0 saturated carbocycles. The molecule has 1 N–H and O–H groups in total. The lowest BCUT2D eigenvalue weighted by Gasteiger charge is -2.13. The van der Waals surface area contributed by atoms with E-state index in [0.717, 1.165) is 24.5 Å². The smallest absolute Gasteiger partial charge is 0.141 e. The highest BCUT2D eigenvalue weighted by Gasteiger charge is 2.31. The van der Waals surface area contributed by atoms with Gasteiger partial charge in [0, 0.05) is 12.7 Å². The first-order valence-corrected chi connectivity index (χ1v) is 5.15. The predicted octanol–water partition coefficient (Wildman–Crippen LogP) is 1.56. The minimum Gasteiger partial charge on any atom is -0.488 e. The summed E-state index contributed by atoms with van der Waals surface area (Å²) >= 11 is 0. The molecule has 2 atom stereocenters. The number of hydrogen-bond donors (Lipinski definition) is 1. The Hall–Kier alpha value is -1.09. The fourth-order valence-electron chi connectivity index (χ4n) is 1.85. The van der Waals surface area contributed by atoms with Crippen LogP contribution in [0.25, 0.3) is 0 Å². The third-order valence-corrected chi connectivity index (χ3v) is 2.64. The monoisotopic (exact) mass is 192 g/mol. The van der Waals surface area contributed by atoms with Crippen LogP contribution in [0.15, 0.2) is 18.3 Å². The molecule has 1 aliphatic rings. The second-order valence-electron chi connectivity index (χ2n) is 3.62. The third kappa shape index (κ3) is 1.60. The number of nitrogens with one attached hydrogen (secondary N) is 1. The van der Waals surface area contributed by atoms with Crippen molar-refractivity contribution < 1.29 is 4.74 Å². The summed E-state index contributed by atoms with van der Waals surface area (Å²) in [5.41, 5.74) is 1.10. The van der Waals surface area contributed by atoms with E-state index < -0.39 is 0 Å². The van der Waals surface area contributed by atoms with Crippen molar-refractivity contribution >= 4 is 0 Å². The van der Waals surface area contributed by atoms with Crippen molar-refractivity contribution in [3.63, 3.8) is 0 Å². The van der Waals surface area contributed by atoms with Crippen LogP contribution < -0.4 is 10.1 Å². The van der Waals surface area contributed by atoms with Crippen molar-refractivity contribution in [2.45, 2.75) is 25.9 Å². The van der Waals surface area contributed by atoms with Crippen molar-refractivity contribution in [1.29, 1.82) is 0 Å². The van der Waals surface area contributed by atoms with E-state index in [9.17, 15) is 0 Å². The molecule has 2 rings (SSSR count). The van der Waals surface area contributed by atoms with Gasteiger partial charge in [-0.15, -0.1) is 0 Å². The first kappa shape index (κ1) is 9.46. The Bertz CT molecular complexity index is 314. The molecule has 1 aliphatic heterocycles. The first-order chi connectivity index (χ1) is 6.83. The summed E-state index contributed by atoms with van der Waals surface area (Å²) in [5.74, 6) is 1.34. The summed E-state index contributed by atoms with van der Waals surface area (Å²) in [4.78, 5) is 4.38. The van der Waals surface area contributed by atoms with Gasteiger partial charge in [0.25, 0.3) is 0 Å². The average Bonchev–Trinajstić information content (AvgIpc) is 2.51. The van der Waals surface area contributed by atoms with Crippen LogP contribution in [0, 0.1) is 0 Å². The molecule has 76 valence electrons. The molecule has 0 radical (unpaired) electrons. The number of hydrogen-bond acceptors (Lipinski definition) is 3. The van der Waals surface area contributed by atoms with Gasteiger partial charge in [0.2, 0.25) is 0 Å². The highest BCUT2D eigenvalue weighted by molar-refractivity contribution is 5.35. The van der Waals surface area contributed by atoms with Crippen molar-refractivity contribution in [1.82, 2.24) is 10.3 Å². The lowest BCUT2D eigenvalue weighted by molar-refractivity contribution is 0.224. The maximum Gasteiger partial charge on any atom is 0.141 e. The molecule has 0 amide bonds. The van der Waals surface area contributed by atoms with Crippen LogP contribution in [0.1, 0.15) is 25.5 Å². The van der Waals surface area contributed by atoms with Gasteiger partial charge in [-0.1, -0.05) is 6.92 Å². The van der Waals surface area contributed by atoms with Gasteiger partial charge in [0.05, 0.1) is 11.6 Å². The molecule has 3 heteroatoms. The second-order valence-corrected chi connectivity index (χ2v) is 3.62. The number of rotatable bonds is 3. The number of likely N-dealkylation sites (N-methyl/N-ethyl adjacent to an activating group) is 1. The molecule has 0 spiro atoms. The van der Waals surface area contributed by atoms with Gasteiger partial charge in [0.15, 0.2) is 0 Å². The van der Waals surface area contributed by atoms with Crippen molar-refractivity contribution in [3.05, 3.63) is 24.0 Å². The van der Waals surface area contributed by atoms with E-state index in [-0.39, 0.29) is 6.10 Å². The number of nitrogens with zero attached hydrogens (tertiary/aromatic N) is 1. The van der Waals surface area contributed by atoms with E-state index in [1.165, 1.54) is 0 Å². The Labute approximate surface area is 84.5 Å². The van der Waals surface area contributed by atoms with Crippen LogP contribution >= 0.6 is 0 Å². The Balaban J connectivity index is 2.17. The van der Waals surface area contributed by atoms with Crippen LogP contribution in [0.4, 0.5) is 0 Å². The van der Waals surface area contributed by atoms with Gasteiger partial charge >= 0.3 is 0 Å². The van der Waals surface area contributed by atoms with Crippen LogP contribution in [0.3, 0.4) is 0 Å². The normalized spacial score (nSPS) is 24.4. The van der Waals surface area contributed by atoms with Gasteiger partial charge in [-0.3, -0.25) is 4.98 Å². The van der Waals surface area contributed by atoms with E-state index in [0.29, 0.717) is 5.92 Å². The SMILES string of the molecule is CCNC[C@H]1c2ncccc2O[C@@H]1C. The second kappa shape index (κ2) is 3.96. The topological polar surface area (TPSA) is 34.2 Å². The quantitative estimate of drug-likeness (QED) is 0.789. The van der Waals surface area contributed by atoms with E-state index in [4.69, 9.17) is 4.74 Å². The molecule has 0 bridgehead atoms. The summed E-state index contributed by atoms with van der Waals surface area (Å²) < 4.78 is 5.71. The molecule has 0 unspecified atom stereocenters. The van der Waals surface area contributed by atoms with Gasteiger partial charge in [-0.25, -0.2) is 0 Å². The predicted molar refractivity (Wildman–Crippen MR) is 55.6 cm³/mol. The van der Waals surface area contributed by atoms with E-state index >= 15 is 0 Å². The Kier molecular flexibility index (Phi) is 2.68. The molecule has 0 saturated heterocycles. The first-order valence-electron chi connectivity index (χ1n) is 5.15. The molecule has 0 aliphatic carbocycles. The molecule has 0 fully saturated rings. The maximum absolute atomic E-state index is 5.71. The van der Waals surface area contributed by atoms with Crippen LogP contribution in [0.5, 0.6) is 5.75 Å². The van der Waals surface area contributed by atoms with Crippen molar-refractivity contribution in [3.8, 4) is 5.75 Å². The van der Waals surface area contributed by atoms with E-state index in [2.05, 4.69) is 24.1 Å². The zero-order valence-electron chi connectivity index (χ0n) is 8.66. The molecule has 1 aromatic rings. The van der Waals surface area contributed by atoms with Gasteiger partial charge in [-0.2, -0.15) is 0 Å². The zero-order chi connectivity index (χ0) is 9.97. The van der Waals surface area contributed by atoms with Gasteiger partial charge in [-0.05, 0) is 25.6 Å². The lowest BCUT2D eigenvalue weighted by atomic mass is 10.0. The Morgan fingerprint density at radius 3 is 3.21 bits per heavy atom. The summed E-state index contributed by atoms with van der Waals surface area (Å²) in [7, 11) is 0. The number of fused-ring (bicyclic) bond motifs is 1. The Morgan fingerprint density at radius 1 is 1.57 bits per heavy atom. The van der Waals surface area contributed by atoms with Crippen LogP contribution in [0.2, 0.25) is 0 Å². The molecule has 3 nitrogen and oxygen atoms in total. The number of ether oxygens (including phenoxy) is 1. The van der Waals surface area contributed by atoms with E-state index in [1.54, 1.807) is 0 Å². The zero-order valence-corrected chi connectivity index (χ0v) is 8.66. The largest absolute Gasteiger partial charge is 0.488 e. The highest BCUT2D eigenvalue weighted by Crippen LogP contribution is 2.35. The van der Waals surface area contributed by atoms with Crippen molar-refractivity contribution in [2.24, 2.45) is 0 Å². The third-order valence-electron chi connectivity index (χ3n) is 2.64. The average molecular weight is 192 g/mol. The van der Waals surface area contributed by atoms with E-state index in [1.807, 2.05) is 18.3 Å². The standard InChI is InChI=1S/C11H16N2O/c1-3-12-7-9-8(2)14-10-5-4-6-13-11(9)10/h4-6,8-9,12H,3,7H2,1-2H3/t8-,9-/m1/s1. The summed E-state index contributed by atoms with van der Waals surface area (Å²) in [5, 5.41) is 3.34. The van der Waals surface area contributed by atoms with Crippen LogP contribution in [-0.2, 0) is 0 Å². The molecular formula is C11H16N2O. The molecule has 14 heavy (non-hydrogen) atoms. The molecular weight excluding hydrogens is 176 g/mol. The minimum absolute atomic E-state index is 0.235. The lowest BCUT2D eigenvalue weighted by Crippen LogP contribution is -2.27. The summed E-state index contributed by atoms with van der Waals surface area (Å²) in [6.45, 7) is 6.15. The summed E-state index contributed by atoms with van der Waals surface area (Å²) in [6.07, 6.45) is 2.07. The maximum atomic E-state index is 5.71. The molecule has 2 heterocycles. The van der Waals surface area contributed by atoms with Gasteiger partial charge < -0.3 is 10.1 Å². The number of aromatic nitrogens is 1. The fraction of sp³-hybridized carbons (Fsp3) is 0.545. The fourth-order valence-corrected chi connectivity index (χ4v) is 1.85. The minimum atomic E-state index is 0.235. The summed E-state index contributed by atoms with van der Waals surface area (Å²) in [6, 6.07) is 3.91. The van der Waals surface area contributed by atoms with Crippen molar-refractivity contribution in [2.75, 3.05) is 13.1 Å². The van der Waals surface area contributed by atoms with Gasteiger partial charge in [0.1, 0.15) is 11.9 Å².